The highest BCUT2D eigenvalue weighted by molar-refractivity contribution is 5.92. The van der Waals surface area contributed by atoms with Gasteiger partial charge in [-0.25, -0.2) is 13.6 Å². The summed E-state index contributed by atoms with van der Waals surface area (Å²) in [5.74, 6) is -0.748. The lowest BCUT2D eigenvalue weighted by Gasteiger charge is -2.11. The number of nitriles is 1. The molecule has 0 aliphatic carbocycles. The van der Waals surface area contributed by atoms with Gasteiger partial charge in [0.15, 0.2) is 0 Å². The van der Waals surface area contributed by atoms with Crippen LogP contribution < -0.4 is 4.74 Å². The Bertz CT molecular complexity index is 495. The summed E-state index contributed by atoms with van der Waals surface area (Å²) < 4.78 is 35.4. The molecule has 0 aliphatic rings. The largest absolute Gasteiger partial charge is 0.497 e. The number of hydrogen-bond acceptors (Lipinski definition) is 4. The predicted octanol–water partition coefficient (Wildman–Crippen LogP) is 2.68. The molecular weight excluding hydrogens is 244 g/mol. The molecule has 0 spiro atoms. The minimum absolute atomic E-state index is 0.0562. The average molecular weight is 255 g/mol. The van der Waals surface area contributed by atoms with Gasteiger partial charge >= 0.3 is 5.97 Å². The molecule has 0 bridgehead atoms. The van der Waals surface area contributed by atoms with Crippen LogP contribution in [-0.4, -0.2) is 19.7 Å². The maximum atomic E-state index is 12.9. The molecule has 0 N–H and O–H groups in total. The Morgan fingerprint density at radius 2 is 2.17 bits per heavy atom. The highest BCUT2D eigenvalue weighted by Crippen LogP contribution is 2.31. The number of benzene rings is 1. The van der Waals surface area contributed by atoms with Gasteiger partial charge in [0.25, 0.3) is 6.43 Å². The van der Waals surface area contributed by atoms with E-state index in [1.54, 1.807) is 13.0 Å². The topological polar surface area (TPSA) is 59.3 Å². The van der Waals surface area contributed by atoms with Gasteiger partial charge in [-0.3, -0.25) is 0 Å². The molecule has 0 fully saturated rings. The average Bonchev–Trinajstić information content (AvgIpc) is 2.36. The van der Waals surface area contributed by atoms with Gasteiger partial charge in [-0.15, -0.1) is 0 Å². The van der Waals surface area contributed by atoms with E-state index >= 15 is 0 Å². The summed E-state index contributed by atoms with van der Waals surface area (Å²) in [5, 5.41) is 8.83. The number of methoxy groups -OCH3 is 1. The Hall–Kier alpha value is -2.16. The monoisotopic (exact) mass is 255 g/mol. The van der Waals surface area contributed by atoms with Gasteiger partial charge in [0.1, 0.15) is 5.75 Å². The second kappa shape index (κ2) is 5.96. The zero-order valence-electron chi connectivity index (χ0n) is 9.87. The molecule has 6 heteroatoms. The van der Waals surface area contributed by atoms with Crippen LogP contribution in [0, 0.1) is 11.3 Å². The van der Waals surface area contributed by atoms with Crippen LogP contribution in [0.25, 0.3) is 0 Å². The summed E-state index contributed by atoms with van der Waals surface area (Å²) in [4.78, 5) is 11.6. The molecule has 0 radical (unpaired) electrons. The fourth-order valence-corrected chi connectivity index (χ4v) is 1.45. The Morgan fingerprint density at radius 1 is 1.50 bits per heavy atom. The lowest BCUT2D eigenvalue weighted by Crippen LogP contribution is -2.10. The SMILES string of the molecule is CCOC(=O)c1cc(OC)cc(C#N)c1C(F)F. The number of carbonyl (C=O) groups is 1. The van der Waals surface area contributed by atoms with Crippen molar-refractivity contribution < 1.29 is 23.0 Å². The highest BCUT2D eigenvalue weighted by atomic mass is 19.3. The van der Waals surface area contributed by atoms with Gasteiger partial charge in [0.05, 0.1) is 36.5 Å². The van der Waals surface area contributed by atoms with E-state index in [0.29, 0.717) is 0 Å². The Kier molecular flexibility index (Phi) is 4.60. The molecule has 1 aromatic carbocycles. The predicted molar refractivity (Wildman–Crippen MR) is 58.6 cm³/mol. The summed E-state index contributed by atoms with van der Waals surface area (Å²) in [6.07, 6.45) is -2.94. The van der Waals surface area contributed by atoms with Gasteiger partial charge in [0.2, 0.25) is 0 Å². The first-order valence-electron chi connectivity index (χ1n) is 5.12. The summed E-state index contributed by atoms with van der Waals surface area (Å²) in [6, 6.07) is 3.92. The van der Waals surface area contributed by atoms with Crippen LogP contribution in [0.4, 0.5) is 8.78 Å². The molecule has 0 saturated heterocycles. The van der Waals surface area contributed by atoms with E-state index < -0.39 is 18.0 Å². The van der Waals surface area contributed by atoms with Crippen molar-refractivity contribution in [3.63, 3.8) is 0 Å². The fraction of sp³-hybridized carbons (Fsp3) is 0.333. The highest BCUT2D eigenvalue weighted by Gasteiger charge is 2.24. The van der Waals surface area contributed by atoms with Crippen LogP contribution >= 0.6 is 0 Å². The first-order valence-corrected chi connectivity index (χ1v) is 5.12. The van der Waals surface area contributed by atoms with Crippen molar-refractivity contribution in [3.05, 3.63) is 28.8 Å². The third-order valence-corrected chi connectivity index (χ3v) is 2.22. The molecule has 0 aromatic heterocycles. The third kappa shape index (κ3) is 2.74. The molecule has 0 unspecified atom stereocenters. The van der Waals surface area contributed by atoms with Gasteiger partial charge in [-0.1, -0.05) is 0 Å². The first kappa shape index (κ1) is 13.9. The maximum absolute atomic E-state index is 12.9. The molecule has 1 aromatic rings. The normalized spacial score (nSPS) is 10.0. The van der Waals surface area contributed by atoms with Crippen LogP contribution in [0.3, 0.4) is 0 Å². The standard InChI is InChI=1S/C12H11F2NO3/c1-3-18-12(16)9-5-8(17-2)4-7(6-15)10(9)11(13)14/h4-5,11H,3H2,1-2H3. The third-order valence-electron chi connectivity index (χ3n) is 2.22. The van der Waals surface area contributed by atoms with Crippen LogP contribution in [0.5, 0.6) is 5.75 Å². The van der Waals surface area contributed by atoms with Crippen molar-refractivity contribution >= 4 is 5.97 Å². The van der Waals surface area contributed by atoms with Crippen molar-refractivity contribution in [2.45, 2.75) is 13.3 Å². The van der Waals surface area contributed by atoms with E-state index in [1.807, 2.05) is 0 Å². The molecule has 1 rings (SSSR count). The Morgan fingerprint density at radius 3 is 2.61 bits per heavy atom. The number of carbonyl (C=O) groups excluding carboxylic acids is 1. The van der Waals surface area contributed by atoms with Crippen LogP contribution in [0.15, 0.2) is 12.1 Å². The molecule has 96 valence electrons. The molecule has 4 nitrogen and oxygen atoms in total. The molecule has 0 saturated carbocycles. The number of nitrogens with zero attached hydrogens (tertiary/aromatic N) is 1. The molecule has 0 amide bonds. The molecule has 0 heterocycles. The van der Waals surface area contributed by atoms with Gasteiger partial charge in [0, 0.05) is 0 Å². The summed E-state index contributed by atoms with van der Waals surface area (Å²) >= 11 is 0. The number of hydrogen-bond donors (Lipinski definition) is 0. The zero-order valence-corrected chi connectivity index (χ0v) is 9.87. The molecule has 0 atom stereocenters. The second-order valence-corrected chi connectivity index (χ2v) is 3.27. The van der Waals surface area contributed by atoms with E-state index in [9.17, 15) is 13.6 Å². The quantitative estimate of drug-likeness (QED) is 0.776. The maximum Gasteiger partial charge on any atom is 0.338 e. The number of esters is 1. The van der Waals surface area contributed by atoms with E-state index in [0.717, 1.165) is 12.1 Å². The zero-order chi connectivity index (χ0) is 13.7. The minimum atomic E-state index is -2.94. The van der Waals surface area contributed by atoms with E-state index in [-0.39, 0.29) is 23.5 Å². The van der Waals surface area contributed by atoms with Crippen LogP contribution in [-0.2, 0) is 4.74 Å². The summed E-state index contributed by atoms with van der Waals surface area (Å²) in [5.41, 5.74) is -1.27. The van der Waals surface area contributed by atoms with Crippen molar-refractivity contribution in [1.82, 2.24) is 0 Å². The molecular formula is C12H11F2NO3. The molecule has 18 heavy (non-hydrogen) atoms. The summed E-state index contributed by atoms with van der Waals surface area (Å²) in [7, 11) is 1.31. The number of halogens is 2. The smallest absolute Gasteiger partial charge is 0.338 e. The van der Waals surface area contributed by atoms with Crippen molar-refractivity contribution in [3.8, 4) is 11.8 Å². The van der Waals surface area contributed by atoms with Gasteiger partial charge < -0.3 is 9.47 Å². The summed E-state index contributed by atoms with van der Waals surface area (Å²) in [6.45, 7) is 1.62. The number of alkyl halides is 2. The number of ether oxygens (including phenoxy) is 2. The van der Waals surface area contributed by atoms with Crippen molar-refractivity contribution in [1.29, 1.82) is 5.26 Å². The Labute approximate surface area is 103 Å². The second-order valence-electron chi connectivity index (χ2n) is 3.27. The number of rotatable bonds is 4. The van der Waals surface area contributed by atoms with E-state index in [2.05, 4.69) is 4.74 Å². The van der Waals surface area contributed by atoms with Gasteiger partial charge in [-0.05, 0) is 19.1 Å². The van der Waals surface area contributed by atoms with E-state index in [1.165, 1.54) is 7.11 Å². The Balaban J connectivity index is 3.45. The minimum Gasteiger partial charge on any atom is -0.497 e. The molecule has 0 aliphatic heterocycles. The lowest BCUT2D eigenvalue weighted by atomic mass is 10.0. The van der Waals surface area contributed by atoms with Crippen molar-refractivity contribution in [2.24, 2.45) is 0 Å². The first-order chi connectivity index (χ1) is 8.54. The van der Waals surface area contributed by atoms with Crippen LogP contribution in [0.1, 0.15) is 34.8 Å². The van der Waals surface area contributed by atoms with Gasteiger partial charge in [-0.2, -0.15) is 5.26 Å². The lowest BCUT2D eigenvalue weighted by molar-refractivity contribution is 0.0515. The van der Waals surface area contributed by atoms with Crippen LogP contribution in [0.2, 0.25) is 0 Å². The fourth-order valence-electron chi connectivity index (χ4n) is 1.45. The van der Waals surface area contributed by atoms with E-state index in [4.69, 9.17) is 10.00 Å². The van der Waals surface area contributed by atoms with Crippen molar-refractivity contribution in [2.75, 3.05) is 13.7 Å².